The SMILES string of the molecule is C[C@H](O)c1ccc(I)nc1. The van der Waals surface area contributed by atoms with Crippen LogP contribution in [0.4, 0.5) is 0 Å². The molecule has 0 unspecified atom stereocenters. The van der Waals surface area contributed by atoms with Crippen molar-refractivity contribution in [3.05, 3.63) is 27.6 Å². The number of pyridine rings is 1. The maximum atomic E-state index is 9.07. The number of halogens is 1. The molecule has 0 aromatic carbocycles. The molecule has 2 nitrogen and oxygen atoms in total. The van der Waals surface area contributed by atoms with Gasteiger partial charge in [0.05, 0.1) is 6.10 Å². The molecule has 1 aromatic rings. The quantitative estimate of drug-likeness (QED) is 0.607. The van der Waals surface area contributed by atoms with Gasteiger partial charge in [-0.25, -0.2) is 4.98 Å². The molecule has 0 aliphatic carbocycles. The molecule has 1 N–H and O–H groups in total. The van der Waals surface area contributed by atoms with Crippen molar-refractivity contribution in [1.29, 1.82) is 0 Å². The van der Waals surface area contributed by atoms with E-state index < -0.39 is 6.10 Å². The van der Waals surface area contributed by atoms with E-state index in [1.807, 2.05) is 12.1 Å². The molecular weight excluding hydrogens is 241 g/mol. The van der Waals surface area contributed by atoms with Crippen LogP contribution in [-0.2, 0) is 0 Å². The molecule has 0 radical (unpaired) electrons. The van der Waals surface area contributed by atoms with Crippen LogP contribution < -0.4 is 0 Å². The van der Waals surface area contributed by atoms with Crippen LogP contribution in [0, 0.1) is 3.70 Å². The van der Waals surface area contributed by atoms with Crippen LogP contribution in [0.15, 0.2) is 18.3 Å². The van der Waals surface area contributed by atoms with Gasteiger partial charge in [0.1, 0.15) is 3.70 Å². The highest BCUT2D eigenvalue weighted by Gasteiger charge is 1.98. The van der Waals surface area contributed by atoms with E-state index in [0.29, 0.717) is 0 Å². The van der Waals surface area contributed by atoms with E-state index in [1.54, 1.807) is 13.1 Å². The van der Waals surface area contributed by atoms with E-state index in [4.69, 9.17) is 5.11 Å². The van der Waals surface area contributed by atoms with Crippen LogP contribution in [0.25, 0.3) is 0 Å². The van der Waals surface area contributed by atoms with Crippen LogP contribution in [0.1, 0.15) is 18.6 Å². The molecule has 1 aromatic heterocycles. The lowest BCUT2D eigenvalue weighted by molar-refractivity contribution is 0.199. The molecule has 0 spiro atoms. The molecule has 0 saturated carbocycles. The number of hydrogen-bond acceptors (Lipinski definition) is 2. The van der Waals surface area contributed by atoms with E-state index in [-0.39, 0.29) is 0 Å². The zero-order valence-electron chi connectivity index (χ0n) is 5.58. The number of rotatable bonds is 1. The predicted molar refractivity (Wildman–Crippen MR) is 47.6 cm³/mol. The highest BCUT2D eigenvalue weighted by molar-refractivity contribution is 14.1. The molecule has 0 aliphatic heterocycles. The molecule has 1 heterocycles. The molecule has 0 amide bonds. The normalized spacial score (nSPS) is 13.1. The number of aliphatic hydroxyl groups is 1. The zero-order valence-corrected chi connectivity index (χ0v) is 7.74. The van der Waals surface area contributed by atoms with Gasteiger partial charge in [0.15, 0.2) is 0 Å². The van der Waals surface area contributed by atoms with Gasteiger partial charge < -0.3 is 5.11 Å². The topological polar surface area (TPSA) is 33.1 Å². The van der Waals surface area contributed by atoms with Gasteiger partial charge in [0, 0.05) is 6.20 Å². The number of aromatic nitrogens is 1. The van der Waals surface area contributed by atoms with Gasteiger partial charge in [0.25, 0.3) is 0 Å². The third-order valence-corrected chi connectivity index (χ3v) is 1.87. The van der Waals surface area contributed by atoms with Crippen molar-refractivity contribution in [2.75, 3.05) is 0 Å². The first-order chi connectivity index (χ1) is 4.70. The van der Waals surface area contributed by atoms with Gasteiger partial charge in [-0.15, -0.1) is 0 Å². The number of hydrogen-bond donors (Lipinski definition) is 1. The highest BCUT2D eigenvalue weighted by Crippen LogP contribution is 2.10. The van der Waals surface area contributed by atoms with Gasteiger partial charge in [-0.2, -0.15) is 0 Å². The minimum absolute atomic E-state index is 0.413. The Morgan fingerprint density at radius 1 is 1.60 bits per heavy atom. The molecule has 0 aliphatic rings. The van der Waals surface area contributed by atoms with E-state index in [2.05, 4.69) is 27.6 Å². The molecule has 1 atom stereocenters. The average molecular weight is 249 g/mol. The van der Waals surface area contributed by atoms with Crippen LogP contribution in [-0.4, -0.2) is 10.1 Å². The Morgan fingerprint density at radius 3 is 2.70 bits per heavy atom. The van der Waals surface area contributed by atoms with Crippen LogP contribution in [0.3, 0.4) is 0 Å². The Kier molecular flexibility index (Phi) is 2.62. The fourth-order valence-corrected chi connectivity index (χ4v) is 0.953. The minimum Gasteiger partial charge on any atom is -0.389 e. The van der Waals surface area contributed by atoms with E-state index >= 15 is 0 Å². The number of aliphatic hydroxyl groups excluding tert-OH is 1. The molecule has 1 rings (SSSR count). The maximum absolute atomic E-state index is 9.07. The monoisotopic (exact) mass is 249 g/mol. The smallest absolute Gasteiger partial charge is 0.101 e. The molecular formula is C7H8INO. The summed E-state index contributed by atoms with van der Waals surface area (Å²) in [6, 6.07) is 3.75. The molecule has 10 heavy (non-hydrogen) atoms. The second kappa shape index (κ2) is 3.30. The lowest BCUT2D eigenvalue weighted by Gasteiger charge is -2.01. The Labute approximate surface area is 73.4 Å². The van der Waals surface area contributed by atoms with Gasteiger partial charge in [-0.3, -0.25) is 0 Å². The summed E-state index contributed by atoms with van der Waals surface area (Å²) in [5.41, 5.74) is 0.861. The predicted octanol–water partition coefficient (Wildman–Crippen LogP) is 1.74. The third-order valence-electron chi connectivity index (χ3n) is 1.23. The van der Waals surface area contributed by atoms with Gasteiger partial charge >= 0.3 is 0 Å². The van der Waals surface area contributed by atoms with Gasteiger partial charge in [-0.05, 0) is 41.1 Å². The van der Waals surface area contributed by atoms with Crippen molar-refractivity contribution in [2.24, 2.45) is 0 Å². The van der Waals surface area contributed by atoms with Crippen molar-refractivity contribution >= 4 is 22.6 Å². The molecule has 3 heteroatoms. The second-order valence-corrected chi connectivity index (χ2v) is 3.20. The fourth-order valence-electron chi connectivity index (χ4n) is 0.634. The second-order valence-electron chi connectivity index (χ2n) is 2.09. The Bertz CT molecular complexity index is 207. The summed E-state index contributed by atoms with van der Waals surface area (Å²) in [6.45, 7) is 1.73. The van der Waals surface area contributed by atoms with Crippen LogP contribution >= 0.6 is 22.6 Å². The first-order valence-electron chi connectivity index (χ1n) is 2.99. The molecule has 54 valence electrons. The van der Waals surface area contributed by atoms with Crippen molar-refractivity contribution in [2.45, 2.75) is 13.0 Å². The standard InChI is InChI=1S/C7H8INO/c1-5(10)6-2-3-7(8)9-4-6/h2-5,10H,1H3/t5-/m0/s1. The van der Waals surface area contributed by atoms with Crippen molar-refractivity contribution in [1.82, 2.24) is 4.98 Å². The molecule has 0 fully saturated rings. The van der Waals surface area contributed by atoms with Gasteiger partial charge in [0.2, 0.25) is 0 Å². The average Bonchev–Trinajstić information content (AvgIpc) is 1.88. The first kappa shape index (κ1) is 7.94. The van der Waals surface area contributed by atoms with E-state index in [9.17, 15) is 0 Å². The summed E-state index contributed by atoms with van der Waals surface area (Å²) in [5.74, 6) is 0. The van der Waals surface area contributed by atoms with Crippen molar-refractivity contribution in [3.63, 3.8) is 0 Å². The summed E-state index contributed by atoms with van der Waals surface area (Å²) in [4.78, 5) is 4.03. The number of nitrogens with zero attached hydrogens (tertiary/aromatic N) is 1. The van der Waals surface area contributed by atoms with Crippen LogP contribution in [0.2, 0.25) is 0 Å². The first-order valence-corrected chi connectivity index (χ1v) is 4.07. The zero-order chi connectivity index (χ0) is 7.56. The Balaban J connectivity index is 2.89. The Morgan fingerprint density at radius 2 is 2.30 bits per heavy atom. The maximum Gasteiger partial charge on any atom is 0.101 e. The lowest BCUT2D eigenvalue weighted by Crippen LogP contribution is -1.91. The van der Waals surface area contributed by atoms with Crippen molar-refractivity contribution in [3.8, 4) is 0 Å². The Hall–Kier alpha value is -0.160. The molecule has 0 bridgehead atoms. The minimum atomic E-state index is -0.413. The summed E-state index contributed by atoms with van der Waals surface area (Å²) >= 11 is 2.13. The van der Waals surface area contributed by atoms with Crippen molar-refractivity contribution < 1.29 is 5.11 Å². The summed E-state index contributed by atoms with van der Waals surface area (Å²) < 4.78 is 0.946. The van der Waals surface area contributed by atoms with Gasteiger partial charge in [-0.1, -0.05) is 6.07 Å². The lowest BCUT2D eigenvalue weighted by atomic mass is 10.2. The summed E-state index contributed by atoms with van der Waals surface area (Å²) in [6.07, 6.45) is 1.27. The van der Waals surface area contributed by atoms with E-state index in [1.165, 1.54) is 0 Å². The third kappa shape index (κ3) is 1.91. The fraction of sp³-hybridized carbons (Fsp3) is 0.286. The highest BCUT2D eigenvalue weighted by atomic mass is 127. The van der Waals surface area contributed by atoms with Crippen LogP contribution in [0.5, 0.6) is 0 Å². The largest absolute Gasteiger partial charge is 0.389 e. The summed E-state index contributed by atoms with van der Waals surface area (Å²) in [7, 11) is 0. The molecule has 0 saturated heterocycles. The van der Waals surface area contributed by atoms with E-state index in [0.717, 1.165) is 9.26 Å². The summed E-state index contributed by atoms with van der Waals surface area (Å²) in [5, 5.41) is 9.07.